The Hall–Kier alpha value is -1.32. The van der Waals surface area contributed by atoms with Crippen LogP contribution in [-0.2, 0) is 4.74 Å². The maximum absolute atomic E-state index is 5.44. The van der Waals surface area contributed by atoms with Gasteiger partial charge in [0.25, 0.3) is 0 Å². The molecule has 2 aromatic rings. The van der Waals surface area contributed by atoms with Crippen molar-refractivity contribution in [2.75, 3.05) is 31.2 Å². The fourth-order valence-electron chi connectivity index (χ4n) is 2.33. The maximum Gasteiger partial charge on any atom is 0.0992 e. The summed E-state index contributed by atoms with van der Waals surface area (Å²) in [5.41, 5.74) is 2.67. The van der Waals surface area contributed by atoms with Crippen LogP contribution in [0, 0.1) is 6.92 Å². The summed E-state index contributed by atoms with van der Waals surface area (Å²) in [7, 11) is 0. The van der Waals surface area contributed by atoms with E-state index in [0.717, 1.165) is 26.3 Å². The van der Waals surface area contributed by atoms with Crippen LogP contribution in [0.15, 0.2) is 36.4 Å². The predicted molar refractivity (Wildman–Crippen MR) is 77.5 cm³/mol. The smallest absolute Gasteiger partial charge is 0.0992 e. The SMILES string of the molecule is Cc1cc(-c2ccccc2)c(N2CCOCC2)s1. The van der Waals surface area contributed by atoms with Crippen LogP contribution in [0.2, 0.25) is 0 Å². The number of benzene rings is 1. The van der Waals surface area contributed by atoms with Gasteiger partial charge in [-0.1, -0.05) is 30.3 Å². The Kier molecular flexibility index (Phi) is 3.35. The molecular formula is C15H17NOS. The van der Waals surface area contributed by atoms with Gasteiger partial charge in [-0.3, -0.25) is 0 Å². The Bertz CT molecular complexity index is 515. The minimum Gasteiger partial charge on any atom is -0.378 e. The summed E-state index contributed by atoms with van der Waals surface area (Å²) in [4.78, 5) is 3.82. The quantitative estimate of drug-likeness (QED) is 0.817. The molecule has 18 heavy (non-hydrogen) atoms. The highest BCUT2D eigenvalue weighted by Gasteiger charge is 2.18. The Morgan fingerprint density at radius 3 is 2.56 bits per heavy atom. The van der Waals surface area contributed by atoms with E-state index in [2.05, 4.69) is 48.2 Å². The van der Waals surface area contributed by atoms with Crippen LogP contribution in [0.5, 0.6) is 0 Å². The second-order valence-electron chi connectivity index (χ2n) is 4.54. The molecule has 94 valence electrons. The summed E-state index contributed by atoms with van der Waals surface area (Å²) in [6.45, 7) is 5.86. The Balaban J connectivity index is 1.99. The number of thiophene rings is 1. The minimum absolute atomic E-state index is 0.838. The third-order valence-electron chi connectivity index (χ3n) is 3.22. The third-order valence-corrected chi connectivity index (χ3v) is 4.33. The van der Waals surface area contributed by atoms with Crippen LogP contribution in [0.25, 0.3) is 11.1 Å². The van der Waals surface area contributed by atoms with Crippen molar-refractivity contribution >= 4 is 16.3 Å². The Labute approximate surface area is 112 Å². The number of morpholine rings is 1. The first kappa shape index (κ1) is 11.8. The van der Waals surface area contributed by atoms with Crippen LogP contribution in [0.4, 0.5) is 5.00 Å². The van der Waals surface area contributed by atoms with Crippen molar-refractivity contribution in [2.45, 2.75) is 6.92 Å². The lowest BCUT2D eigenvalue weighted by molar-refractivity contribution is 0.123. The van der Waals surface area contributed by atoms with E-state index in [-0.39, 0.29) is 0 Å². The number of anilines is 1. The molecule has 3 heteroatoms. The van der Waals surface area contributed by atoms with E-state index in [1.54, 1.807) is 0 Å². The molecule has 1 saturated heterocycles. The van der Waals surface area contributed by atoms with Gasteiger partial charge in [-0.2, -0.15) is 0 Å². The van der Waals surface area contributed by atoms with E-state index < -0.39 is 0 Å². The monoisotopic (exact) mass is 259 g/mol. The zero-order valence-corrected chi connectivity index (χ0v) is 11.4. The van der Waals surface area contributed by atoms with Gasteiger partial charge in [-0.15, -0.1) is 11.3 Å². The molecule has 1 aromatic heterocycles. The molecule has 1 aliphatic rings. The van der Waals surface area contributed by atoms with Crippen molar-refractivity contribution in [1.29, 1.82) is 0 Å². The Morgan fingerprint density at radius 1 is 1.11 bits per heavy atom. The molecule has 0 atom stereocenters. The van der Waals surface area contributed by atoms with E-state index in [1.165, 1.54) is 21.0 Å². The van der Waals surface area contributed by atoms with Crippen LogP contribution in [-0.4, -0.2) is 26.3 Å². The van der Waals surface area contributed by atoms with Gasteiger partial charge in [0.1, 0.15) is 0 Å². The van der Waals surface area contributed by atoms with Crippen molar-refractivity contribution < 1.29 is 4.74 Å². The number of rotatable bonds is 2. The molecule has 0 saturated carbocycles. The molecular weight excluding hydrogens is 242 g/mol. The summed E-state index contributed by atoms with van der Waals surface area (Å²) in [6, 6.07) is 12.9. The zero-order chi connectivity index (χ0) is 12.4. The molecule has 0 amide bonds. The second kappa shape index (κ2) is 5.12. The van der Waals surface area contributed by atoms with Crippen molar-refractivity contribution in [3.8, 4) is 11.1 Å². The summed E-state index contributed by atoms with van der Waals surface area (Å²) in [5, 5.41) is 1.39. The lowest BCUT2D eigenvalue weighted by Gasteiger charge is -2.28. The van der Waals surface area contributed by atoms with Gasteiger partial charge in [-0.05, 0) is 18.6 Å². The molecule has 1 aliphatic heterocycles. The van der Waals surface area contributed by atoms with Gasteiger partial charge in [0.05, 0.1) is 18.2 Å². The second-order valence-corrected chi connectivity index (χ2v) is 5.78. The first-order valence-corrected chi connectivity index (χ1v) is 7.15. The van der Waals surface area contributed by atoms with E-state index in [0.29, 0.717) is 0 Å². The first-order valence-electron chi connectivity index (χ1n) is 6.33. The van der Waals surface area contributed by atoms with Crippen molar-refractivity contribution in [3.63, 3.8) is 0 Å². The lowest BCUT2D eigenvalue weighted by atomic mass is 10.1. The van der Waals surface area contributed by atoms with Crippen LogP contribution < -0.4 is 4.90 Å². The Morgan fingerprint density at radius 2 is 1.83 bits per heavy atom. The molecule has 2 heterocycles. The standard InChI is InChI=1S/C15H17NOS/c1-12-11-14(13-5-3-2-4-6-13)15(18-12)16-7-9-17-10-8-16/h2-6,11H,7-10H2,1H3. The normalized spacial score (nSPS) is 15.9. The lowest BCUT2D eigenvalue weighted by Crippen LogP contribution is -2.35. The van der Waals surface area contributed by atoms with Crippen LogP contribution in [0.1, 0.15) is 4.88 Å². The van der Waals surface area contributed by atoms with Crippen molar-refractivity contribution in [1.82, 2.24) is 0 Å². The average Bonchev–Trinajstić information content (AvgIpc) is 2.83. The molecule has 0 spiro atoms. The highest BCUT2D eigenvalue weighted by atomic mass is 32.1. The minimum atomic E-state index is 0.838. The molecule has 1 fully saturated rings. The highest BCUT2D eigenvalue weighted by Crippen LogP contribution is 2.38. The van der Waals surface area contributed by atoms with Crippen LogP contribution >= 0.6 is 11.3 Å². The fourth-order valence-corrected chi connectivity index (χ4v) is 3.41. The van der Waals surface area contributed by atoms with Crippen molar-refractivity contribution in [3.05, 3.63) is 41.3 Å². The number of hydrogen-bond acceptors (Lipinski definition) is 3. The molecule has 0 bridgehead atoms. The van der Waals surface area contributed by atoms with Gasteiger partial charge in [0.15, 0.2) is 0 Å². The zero-order valence-electron chi connectivity index (χ0n) is 10.6. The average molecular weight is 259 g/mol. The van der Waals surface area contributed by atoms with Gasteiger partial charge in [0.2, 0.25) is 0 Å². The van der Waals surface area contributed by atoms with E-state index in [1.807, 2.05) is 11.3 Å². The van der Waals surface area contributed by atoms with Gasteiger partial charge in [0, 0.05) is 23.5 Å². The summed E-state index contributed by atoms with van der Waals surface area (Å²) in [6.07, 6.45) is 0. The molecule has 3 rings (SSSR count). The highest BCUT2D eigenvalue weighted by molar-refractivity contribution is 7.16. The predicted octanol–water partition coefficient (Wildman–Crippen LogP) is 3.56. The molecule has 0 unspecified atom stereocenters. The third kappa shape index (κ3) is 2.28. The first-order chi connectivity index (χ1) is 8.84. The summed E-state index contributed by atoms with van der Waals surface area (Å²) in [5.74, 6) is 0. The number of nitrogens with zero attached hydrogens (tertiary/aromatic N) is 1. The largest absolute Gasteiger partial charge is 0.378 e. The number of ether oxygens (including phenoxy) is 1. The van der Waals surface area contributed by atoms with E-state index in [9.17, 15) is 0 Å². The van der Waals surface area contributed by atoms with Gasteiger partial charge >= 0.3 is 0 Å². The van der Waals surface area contributed by atoms with E-state index >= 15 is 0 Å². The van der Waals surface area contributed by atoms with Crippen molar-refractivity contribution in [2.24, 2.45) is 0 Å². The summed E-state index contributed by atoms with van der Waals surface area (Å²) >= 11 is 1.89. The van der Waals surface area contributed by atoms with Gasteiger partial charge < -0.3 is 9.64 Å². The number of hydrogen-bond donors (Lipinski definition) is 0. The summed E-state index contributed by atoms with van der Waals surface area (Å²) < 4.78 is 5.44. The van der Waals surface area contributed by atoms with Crippen LogP contribution in [0.3, 0.4) is 0 Å². The fraction of sp³-hybridized carbons (Fsp3) is 0.333. The topological polar surface area (TPSA) is 12.5 Å². The molecule has 0 radical (unpaired) electrons. The molecule has 0 N–H and O–H groups in total. The van der Waals surface area contributed by atoms with E-state index in [4.69, 9.17) is 4.74 Å². The molecule has 2 nitrogen and oxygen atoms in total. The molecule has 0 aliphatic carbocycles. The number of aryl methyl sites for hydroxylation is 1. The van der Waals surface area contributed by atoms with Gasteiger partial charge in [-0.25, -0.2) is 0 Å². The molecule has 1 aromatic carbocycles. The maximum atomic E-state index is 5.44.